The molecular weight excluding hydrogens is 226 g/mol. The summed E-state index contributed by atoms with van der Waals surface area (Å²) in [4.78, 5) is 9.02. The summed E-state index contributed by atoms with van der Waals surface area (Å²) in [5.41, 5.74) is 9.98. The van der Waals surface area contributed by atoms with Crippen LogP contribution in [0.25, 0.3) is 11.4 Å². The van der Waals surface area contributed by atoms with Crippen LogP contribution in [-0.4, -0.2) is 19.7 Å². The van der Waals surface area contributed by atoms with Gasteiger partial charge in [0.05, 0.1) is 11.3 Å². The predicted molar refractivity (Wildman–Crippen MR) is 70.1 cm³/mol. The van der Waals surface area contributed by atoms with E-state index in [9.17, 15) is 0 Å². The van der Waals surface area contributed by atoms with Crippen molar-refractivity contribution in [3.8, 4) is 11.4 Å². The Labute approximate surface area is 106 Å². The Morgan fingerprint density at radius 2 is 2.00 bits per heavy atom. The normalized spacial score (nSPS) is 15.1. The number of nitrogens with two attached hydrogens (primary N) is 1. The topological polar surface area (TPSA) is 69.6 Å². The minimum Gasteiger partial charge on any atom is -0.384 e. The molecule has 1 aliphatic carbocycles. The molecule has 0 atom stereocenters. The molecule has 94 valence electrons. The SMILES string of the molecule is Cc1nn(C)c(C)c1-c1nc(N)cc(C2CC2)n1. The quantitative estimate of drug-likeness (QED) is 0.875. The van der Waals surface area contributed by atoms with Crippen molar-refractivity contribution >= 4 is 5.82 Å². The Hall–Kier alpha value is -1.91. The third-order valence-electron chi connectivity index (χ3n) is 3.49. The third-order valence-corrected chi connectivity index (χ3v) is 3.49. The molecule has 0 saturated heterocycles. The van der Waals surface area contributed by atoms with Gasteiger partial charge in [-0.05, 0) is 26.7 Å². The van der Waals surface area contributed by atoms with E-state index in [1.54, 1.807) is 0 Å². The summed E-state index contributed by atoms with van der Waals surface area (Å²) in [6.07, 6.45) is 2.42. The minimum absolute atomic E-state index is 0.546. The Morgan fingerprint density at radius 3 is 2.56 bits per heavy atom. The molecule has 18 heavy (non-hydrogen) atoms. The molecule has 2 aromatic heterocycles. The van der Waals surface area contributed by atoms with Gasteiger partial charge < -0.3 is 5.73 Å². The van der Waals surface area contributed by atoms with Crippen molar-refractivity contribution in [2.45, 2.75) is 32.6 Å². The number of aromatic nitrogens is 4. The first-order chi connectivity index (χ1) is 8.56. The van der Waals surface area contributed by atoms with E-state index in [0.717, 1.165) is 22.6 Å². The van der Waals surface area contributed by atoms with Crippen LogP contribution in [0.3, 0.4) is 0 Å². The highest BCUT2D eigenvalue weighted by atomic mass is 15.3. The summed E-state index contributed by atoms with van der Waals surface area (Å²) < 4.78 is 1.86. The second-order valence-corrected chi connectivity index (χ2v) is 4.98. The van der Waals surface area contributed by atoms with Crippen LogP contribution >= 0.6 is 0 Å². The molecule has 0 bridgehead atoms. The van der Waals surface area contributed by atoms with Crippen molar-refractivity contribution in [1.82, 2.24) is 19.7 Å². The number of aryl methyl sites for hydroxylation is 2. The summed E-state index contributed by atoms with van der Waals surface area (Å²) in [5.74, 6) is 1.83. The molecule has 0 radical (unpaired) electrons. The van der Waals surface area contributed by atoms with Crippen LogP contribution in [0.15, 0.2) is 6.07 Å². The van der Waals surface area contributed by atoms with Gasteiger partial charge in [-0.2, -0.15) is 5.10 Å². The molecule has 1 saturated carbocycles. The molecule has 1 fully saturated rings. The summed E-state index contributed by atoms with van der Waals surface area (Å²) in [6, 6.07) is 1.89. The number of hydrogen-bond donors (Lipinski definition) is 1. The molecule has 3 rings (SSSR count). The highest BCUT2D eigenvalue weighted by Gasteiger charge is 2.26. The summed E-state index contributed by atoms with van der Waals surface area (Å²) in [6.45, 7) is 4.00. The second kappa shape index (κ2) is 3.80. The Kier molecular flexibility index (Phi) is 2.36. The second-order valence-electron chi connectivity index (χ2n) is 4.98. The molecule has 2 heterocycles. The fraction of sp³-hybridized carbons (Fsp3) is 0.462. The first kappa shape index (κ1) is 11.2. The summed E-state index contributed by atoms with van der Waals surface area (Å²) in [7, 11) is 1.93. The molecule has 0 amide bonds. The van der Waals surface area contributed by atoms with Crippen LogP contribution < -0.4 is 5.73 Å². The smallest absolute Gasteiger partial charge is 0.165 e. The van der Waals surface area contributed by atoms with Crippen LogP contribution in [0.1, 0.15) is 35.8 Å². The van der Waals surface area contributed by atoms with E-state index in [2.05, 4.69) is 15.1 Å². The maximum atomic E-state index is 5.89. The van der Waals surface area contributed by atoms with Gasteiger partial charge in [0.1, 0.15) is 5.82 Å². The number of nitrogen functional groups attached to an aromatic ring is 1. The summed E-state index contributed by atoms with van der Waals surface area (Å²) in [5, 5.41) is 4.40. The van der Waals surface area contributed by atoms with Crippen LogP contribution in [0.4, 0.5) is 5.82 Å². The van der Waals surface area contributed by atoms with Gasteiger partial charge in [0.25, 0.3) is 0 Å². The zero-order valence-corrected chi connectivity index (χ0v) is 10.9. The molecule has 2 N–H and O–H groups in total. The summed E-state index contributed by atoms with van der Waals surface area (Å²) >= 11 is 0. The van der Waals surface area contributed by atoms with Gasteiger partial charge >= 0.3 is 0 Å². The standard InChI is InChI=1S/C13H17N5/c1-7-12(8(2)18(3)17-7)13-15-10(9-4-5-9)6-11(14)16-13/h6,9H,4-5H2,1-3H3,(H2,14,15,16). The maximum Gasteiger partial charge on any atom is 0.165 e. The van der Waals surface area contributed by atoms with Crippen LogP contribution in [0, 0.1) is 13.8 Å². The van der Waals surface area contributed by atoms with E-state index in [4.69, 9.17) is 5.73 Å². The highest BCUT2D eigenvalue weighted by molar-refractivity contribution is 5.63. The number of nitrogens with zero attached hydrogens (tertiary/aromatic N) is 4. The Morgan fingerprint density at radius 1 is 1.28 bits per heavy atom. The monoisotopic (exact) mass is 243 g/mol. The average Bonchev–Trinajstić information content (AvgIpc) is 3.08. The molecule has 0 spiro atoms. The van der Waals surface area contributed by atoms with E-state index in [0.29, 0.717) is 17.6 Å². The van der Waals surface area contributed by atoms with Gasteiger partial charge in [-0.15, -0.1) is 0 Å². The maximum absolute atomic E-state index is 5.89. The van der Waals surface area contributed by atoms with Gasteiger partial charge in [-0.1, -0.05) is 0 Å². The van der Waals surface area contributed by atoms with Crippen LogP contribution in [-0.2, 0) is 7.05 Å². The lowest BCUT2D eigenvalue weighted by Gasteiger charge is -2.05. The lowest BCUT2D eigenvalue weighted by Crippen LogP contribution is -2.01. The minimum atomic E-state index is 0.546. The molecular formula is C13H17N5. The predicted octanol–water partition coefficient (Wildman–Crippen LogP) is 1.95. The molecule has 0 aromatic carbocycles. The van der Waals surface area contributed by atoms with E-state index < -0.39 is 0 Å². The van der Waals surface area contributed by atoms with Gasteiger partial charge in [0, 0.05) is 30.4 Å². The lowest BCUT2D eigenvalue weighted by molar-refractivity contribution is 0.731. The molecule has 5 nitrogen and oxygen atoms in total. The van der Waals surface area contributed by atoms with Crippen molar-refractivity contribution in [3.05, 3.63) is 23.1 Å². The highest BCUT2D eigenvalue weighted by Crippen LogP contribution is 2.40. The zero-order chi connectivity index (χ0) is 12.9. The number of rotatable bonds is 2. The molecule has 2 aromatic rings. The van der Waals surface area contributed by atoms with Crippen molar-refractivity contribution in [3.63, 3.8) is 0 Å². The number of anilines is 1. The molecule has 0 unspecified atom stereocenters. The van der Waals surface area contributed by atoms with Gasteiger partial charge in [0.2, 0.25) is 0 Å². The molecule has 5 heteroatoms. The van der Waals surface area contributed by atoms with Gasteiger partial charge in [0.15, 0.2) is 5.82 Å². The van der Waals surface area contributed by atoms with Gasteiger partial charge in [-0.3, -0.25) is 4.68 Å². The van der Waals surface area contributed by atoms with Gasteiger partial charge in [-0.25, -0.2) is 9.97 Å². The Bertz CT molecular complexity index is 610. The molecule has 0 aliphatic heterocycles. The molecule has 1 aliphatic rings. The first-order valence-corrected chi connectivity index (χ1v) is 6.21. The first-order valence-electron chi connectivity index (χ1n) is 6.21. The van der Waals surface area contributed by atoms with E-state index >= 15 is 0 Å². The lowest BCUT2D eigenvalue weighted by atomic mass is 10.1. The van der Waals surface area contributed by atoms with Crippen molar-refractivity contribution in [2.24, 2.45) is 7.05 Å². The van der Waals surface area contributed by atoms with E-state index in [1.807, 2.05) is 31.6 Å². The fourth-order valence-corrected chi connectivity index (χ4v) is 2.28. The number of hydrogen-bond acceptors (Lipinski definition) is 4. The fourth-order valence-electron chi connectivity index (χ4n) is 2.28. The van der Waals surface area contributed by atoms with Crippen molar-refractivity contribution in [1.29, 1.82) is 0 Å². The van der Waals surface area contributed by atoms with Crippen molar-refractivity contribution < 1.29 is 0 Å². The zero-order valence-electron chi connectivity index (χ0n) is 10.9. The van der Waals surface area contributed by atoms with E-state index in [1.165, 1.54) is 12.8 Å². The van der Waals surface area contributed by atoms with Crippen LogP contribution in [0.2, 0.25) is 0 Å². The van der Waals surface area contributed by atoms with Crippen LogP contribution in [0.5, 0.6) is 0 Å². The van der Waals surface area contributed by atoms with Crippen molar-refractivity contribution in [2.75, 3.05) is 5.73 Å². The third kappa shape index (κ3) is 1.75. The Balaban J connectivity index is 2.15. The van der Waals surface area contributed by atoms with E-state index in [-0.39, 0.29) is 0 Å². The average molecular weight is 243 g/mol. The largest absolute Gasteiger partial charge is 0.384 e.